The Labute approximate surface area is 174 Å². The molecule has 5 N–H and O–H groups in total. The zero-order chi connectivity index (χ0) is 20.8. The van der Waals surface area contributed by atoms with Gasteiger partial charge in [-0.1, -0.05) is 30.3 Å². The van der Waals surface area contributed by atoms with Crippen molar-refractivity contribution in [2.24, 2.45) is 5.73 Å². The van der Waals surface area contributed by atoms with Crippen LogP contribution in [0.25, 0.3) is 17.0 Å². The molecular weight excluding hydrogens is 378 g/mol. The first-order valence-corrected chi connectivity index (χ1v) is 9.85. The van der Waals surface area contributed by atoms with E-state index in [1.54, 1.807) is 18.6 Å². The van der Waals surface area contributed by atoms with E-state index in [1.807, 2.05) is 54.0 Å². The summed E-state index contributed by atoms with van der Waals surface area (Å²) in [6, 6.07) is 11.8. The minimum absolute atomic E-state index is 0.0733. The van der Waals surface area contributed by atoms with Crippen molar-refractivity contribution in [2.45, 2.75) is 6.04 Å². The van der Waals surface area contributed by atoms with Gasteiger partial charge in [-0.2, -0.15) is 0 Å². The Morgan fingerprint density at radius 3 is 2.70 bits per heavy atom. The fourth-order valence-corrected chi connectivity index (χ4v) is 3.23. The molecule has 1 aromatic carbocycles. The molecule has 9 nitrogen and oxygen atoms in total. The molecule has 1 unspecified atom stereocenters. The van der Waals surface area contributed by atoms with E-state index in [1.165, 1.54) is 0 Å². The van der Waals surface area contributed by atoms with Gasteiger partial charge in [-0.3, -0.25) is 4.40 Å². The number of nitrogens with zero attached hydrogens (tertiary/aromatic N) is 5. The largest absolute Gasteiger partial charge is 0.366 e. The van der Waals surface area contributed by atoms with Crippen molar-refractivity contribution in [3.63, 3.8) is 0 Å². The molecule has 1 atom stereocenters. The summed E-state index contributed by atoms with van der Waals surface area (Å²) in [6.07, 6.45) is 7.16. The van der Waals surface area contributed by atoms with Gasteiger partial charge in [-0.05, 0) is 18.7 Å². The third-order valence-corrected chi connectivity index (χ3v) is 4.75. The van der Waals surface area contributed by atoms with Crippen LogP contribution in [0, 0.1) is 0 Å². The second-order valence-corrected chi connectivity index (χ2v) is 6.75. The van der Waals surface area contributed by atoms with E-state index in [2.05, 4.69) is 30.9 Å². The maximum absolute atomic E-state index is 5.98. The molecule has 0 radical (unpaired) electrons. The molecule has 0 aliphatic heterocycles. The summed E-state index contributed by atoms with van der Waals surface area (Å²) in [5, 5.41) is 9.74. The van der Waals surface area contributed by atoms with Gasteiger partial charge in [0.05, 0.1) is 23.6 Å². The van der Waals surface area contributed by atoms with Gasteiger partial charge < -0.3 is 21.7 Å². The van der Waals surface area contributed by atoms with E-state index in [0.717, 1.165) is 41.5 Å². The molecule has 0 saturated carbocycles. The Balaban J connectivity index is 1.61. The number of hydrogen-bond donors (Lipinski definition) is 4. The highest BCUT2D eigenvalue weighted by molar-refractivity contribution is 5.69. The molecule has 0 amide bonds. The fourth-order valence-electron chi connectivity index (χ4n) is 3.23. The quantitative estimate of drug-likeness (QED) is 0.313. The molecule has 0 aliphatic carbocycles. The van der Waals surface area contributed by atoms with E-state index in [-0.39, 0.29) is 6.04 Å². The minimum Gasteiger partial charge on any atom is -0.366 e. The van der Waals surface area contributed by atoms with Gasteiger partial charge in [0, 0.05) is 38.2 Å². The lowest BCUT2D eigenvalue weighted by atomic mass is 10.1. The molecule has 3 aromatic heterocycles. The minimum atomic E-state index is -0.0733. The van der Waals surface area contributed by atoms with Crippen molar-refractivity contribution >= 4 is 17.4 Å². The lowest BCUT2D eigenvalue weighted by molar-refractivity contribution is 0.777. The molecule has 154 valence electrons. The molecule has 0 fully saturated rings. The third-order valence-electron chi connectivity index (χ3n) is 4.75. The lowest BCUT2D eigenvalue weighted by Gasteiger charge is -2.17. The number of fused-ring (bicyclic) bond motifs is 1. The van der Waals surface area contributed by atoms with E-state index >= 15 is 0 Å². The maximum Gasteiger partial charge on any atom is 0.223 e. The third kappa shape index (κ3) is 4.22. The Morgan fingerprint density at radius 2 is 1.90 bits per heavy atom. The number of anilines is 2. The molecule has 0 bridgehead atoms. The zero-order valence-electron chi connectivity index (χ0n) is 16.8. The van der Waals surface area contributed by atoms with Crippen molar-refractivity contribution in [1.82, 2.24) is 29.7 Å². The molecule has 9 heteroatoms. The average Bonchev–Trinajstić information content (AvgIpc) is 3.23. The van der Waals surface area contributed by atoms with Crippen molar-refractivity contribution in [3.8, 4) is 11.4 Å². The monoisotopic (exact) mass is 403 g/mol. The number of likely N-dealkylation sites (N-methyl/N-ethyl adjacent to an activating group) is 1. The molecule has 0 saturated heterocycles. The van der Waals surface area contributed by atoms with Gasteiger partial charge in [-0.15, -0.1) is 0 Å². The summed E-state index contributed by atoms with van der Waals surface area (Å²) in [5.74, 6) is 1.25. The summed E-state index contributed by atoms with van der Waals surface area (Å²) in [4.78, 5) is 18.0. The Hall–Kier alpha value is -3.56. The second-order valence-electron chi connectivity index (χ2n) is 6.75. The second kappa shape index (κ2) is 9.29. The van der Waals surface area contributed by atoms with Gasteiger partial charge in [-0.25, -0.2) is 19.9 Å². The first-order valence-electron chi connectivity index (χ1n) is 9.85. The normalized spacial score (nSPS) is 12.1. The van der Waals surface area contributed by atoms with E-state index < -0.39 is 0 Å². The van der Waals surface area contributed by atoms with Gasteiger partial charge >= 0.3 is 0 Å². The lowest BCUT2D eigenvalue weighted by Crippen LogP contribution is -2.21. The van der Waals surface area contributed by atoms with Crippen LogP contribution in [0.15, 0.2) is 61.2 Å². The Kier molecular flexibility index (Phi) is 6.11. The van der Waals surface area contributed by atoms with Crippen LogP contribution >= 0.6 is 0 Å². The maximum atomic E-state index is 5.98. The summed E-state index contributed by atoms with van der Waals surface area (Å²) < 4.78 is 1.97. The number of nitrogens with two attached hydrogens (primary N) is 1. The summed E-state index contributed by atoms with van der Waals surface area (Å²) in [7, 11) is 1.91. The van der Waals surface area contributed by atoms with Gasteiger partial charge in [0.2, 0.25) is 5.95 Å². The van der Waals surface area contributed by atoms with Gasteiger partial charge in [0.15, 0.2) is 11.5 Å². The topological polar surface area (TPSA) is 118 Å². The van der Waals surface area contributed by atoms with Gasteiger partial charge in [0.1, 0.15) is 0 Å². The summed E-state index contributed by atoms with van der Waals surface area (Å²) >= 11 is 0. The highest BCUT2D eigenvalue weighted by atomic mass is 15.1. The zero-order valence-corrected chi connectivity index (χ0v) is 16.8. The van der Waals surface area contributed by atoms with Crippen LogP contribution in [0.5, 0.6) is 0 Å². The van der Waals surface area contributed by atoms with Crippen molar-refractivity contribution in [1.29, 1.82) is 0 Å². The molecule has 4 rings (SSSR count). The van der Waals surface area contributed by atoms with Crippen LogP contribution in [0.3, 0.4) is 0 Å². The average molecular weight is 403 g/mol. The first-order chi connectivity index (χ1) is 14.8. The predicted octanol–water partition coefficient (Wildman–Crippen LogP) is 1.93. The molecule has 0 aliphatic rings. The fraction of sp³-hybridized carbons (Fsp3) is 0.238. The molecule has 0 spiro atoms. The van der Waals surface area contributed by atoms with Crippen LogP contribution in [0.2, 0.25) is 0 Å². The van der Waals surface area contributed by atoms with Crippen LogP contribution < -0.4 is 21.7 Å². The van der Waals surface area contributed by atoms with Crippen molar-refractivity contribution < 1.29 is 0 Å². The smallest absolute Gasteiger partial charge is 0.223 e. The number of hydrogen-bond acceptors (Lipinski definition) is 8. The summed E-state index contributed by atoms with van der Waals surface area (Å²) in [6.45, 7) is 2.02. The molecule has 4 aromatic rings. The van der Waals surface area contributed by atoms with Crippen molar-refractivity contribution in [3.05, 3.63) is 66.7 Å². The number of nitrogens with one attached hydrogen (secondary N) is 3. The van der Waals surface area contributed by atoms with Crippen LogP contribution in [-0.4, -0.2) is 51.0 Å². The van der Waals surface area contributed by atoms with Crippen LogP contribution in [-0.2, 0) is 0 Å². The standard InChI is InChI=1S/C21H25N9/c1-23-9-10-24-19-20-27-14-18(30(20)12-11-25-19)16-7-8-26-21(28-16)29-17(13-22)15-5-3-2-4-6-15/h2-8,11-12,14,17,23H,9-10,13,22H2,1H3,(H,24,25)(H,26,28,29). The Morgan fingerprint density at radius 1 is 1.03 bits per heavy atom. The van der Waals surface area contributed by atoms with E-state index in [4.69, 9.17) is 10.7 Å². The predicted molar refractivity (Wildman–Crippen MR) is 118 cm³/mol. The number of rotatable bonds is 9. The van der Waals surface area contributed by atoms with E-state index in [0.29, 0.717) is 12.5 Å². The molecular formula is C21H25N9. The SMILES string of the molecule is CNCCNc1nccn2c(-c3ccnc(NC(CN)c4ccccc4)n3)cnc12. The summed E-state index contributed by atoms with van der Waals surface area (Å²) in [5.41, 5.74) is 9.44. The van der Waals surface area contributed by atoms with Gasteiger partial charge in [0.25, 0.3) is 0 Å². The van der Waals surface area contributed by atoms with Crippen LogP contribution in [0.1, 0.15) is 11.6 Å². The highest BCUT2D eigenvalue weighted by Crippen LogP contribution is 2.23. The number of benzene rings is 1. The van der Waals surface area contributed by atoms with Crippen molar-refractivity contribution in [2.75, 3.05) is 37.3 Å². The highest BCUT2D eigenvalue weighted by Gasteiger charge is 2.14. The van der Waals surface area contributed by atoms with E-state index in [9.17, 15) is 0 Å². The Bertz CT molecular complexity index is 1090. The first kappa shape index (κ1) is 19.7. The molecule has 3 heterocycles. The van der Waals surface area contributed by atoms with Crippen LogP contribution in [0.4, 0.5) is 11.8 Å². The molecule has 30 heavy (non-hydrogen) atoms. The number of aromatic nitrogens is 5. The number of imidazole rings is 1.